The Bertz CT molecular complexity index is 366. The molecule has 0 heterocycles. The van der Waals surface area contributed by atoms with E-state index in [1.807, 2.05) is 12.1 Å². The fourth-order valence-corrected chi connectivity index (χ4v) is 2.70. The zero-order valence-corrected chi connectivity index (χ0v) is 12.6. The first kappa shape index (κ1) is 15.8. The van der Waals surface area contributed by atoms with Crippen LogP contribution in [0.5, 0.6) is 0 Å². The van der Waals surface area contributed by atoms with Crippen LogP contribution >= 0.6 is 23.2 Å². The van der Waals surface area contributed by atoms with Gasteiger partial charge in [0.05, 0.1) is 6.10 Å². The third-order valence-corrected chi connectivity index (χ3v) is 4.03. The lowest BCUT2D eigenvalue weighted by Gasteiger charge is -2.22. The van der Waals surface area contributed by atoms with E-state index in [1.54, 1.807) is 6.07 Å². The van der Waals surface area contributed by atoms with E-state index in [0.717, 1.165) is 18.4 Å². The summed E-state index contributed by atoms with van der Waals surface area (Å²) in [7, 11) is 0. The molecule has 0 aliphatic heterocycles. The first-order chi connectivity index (χ1) is 8.58. The molecule has 0 bridgehead atoms. The van der Waals surface area contributed by atoms with Crippen LogP contribution in [0.15, 0.2) is 18.2 Å². The molecule has 2 atom stereocenters. The van der Waals surface area contributed by atoms with Gasteiger partial charge in [0.25, 0.3) is 0 Å². The number of halogens is 2. The summed E-state index contributed by atoms with van der Waals surface area (Å²) in [5.41, 5.74) is 0.975. The summed E-state index contributed by atoms with van der Waals surface area (Å²) in [6.07, 6.45) is 4.72. The lowest BCUT2D eigenvalue weighted by molar-refractivity contribution is 0.0987. The Morgan fingerprint density at radius 2 is 1.94 bits per heavy atom. The second kappa shape index (κ2) is 8.04. The Kier molecular flexibility index (Phi) is 7.06. The summed E-state index contributed by atoms with van der Waals surface area (Å²) in [5.74, 6) is 0.358. The summed E-state index contributed by atoms with van der Waals surface area (Å²) >= 11 is 12.0. The van der Waals surface area contributed by atoms with Gasteiger partial charge in [0.15, 0.2) is 0 Å². The third-order valence-electron chi connectivity index (χ3n) is 3.44. The van der Waals surface area contributed by atoms with E-state index in [2.05, 4.69) is 13.8 Å². The number of benzene rings is 1. The zero-order valence-electron chi connectivity index (χ0n) is 11.1. The summed E-state index contributed by atoms with van der Waals surface area (Å²) < 4.78 is 0. The molecule has 0 aliphatic rings. The minimum absolute atomic E-state index is 0.319. The average Bonchev–Trinajstić information content (AvgIpc) is 2.34. The van der Waals surface area contributed by atoms with Crippen LogP contribution in [0.4, 0.5) is 0 Å². The Morgan fingerprint density at radius 3 is 2.50 bits per heavy atom. The first-order valence-electron chi connectivity index (χ1n) is 6.70. The van der Waals surface area contributed by atoms with Crippen LogP contribution in [0.2, 0.25) is 10.0 Å². The van der Waals surface area contributed by atoms with Gasteiger partial charge < -0.3 is 5.11 Å². The van der Waals surface area contributed by atoms with Gasteiger partial charge in [-0.25, -0.2) is 0 Å². The molecule has 1 aromatic carbocycles. The predicted molar refractivity (Wildman–Crippen MR) is 79.5 cm³/mol. The topological polar surface area (TPSA) is 20.2 Å². The molecule has 0 aromatic heterocycles. The van der Waals surface area contributed by atoms with Crippen LogP contribution in [0, 0.1) is 5.92 Å². The average molecular weight is 289 g/mol. The van der Waals surface area contributed by atoms with E-state index in [4.69, 9.17) is 23.2 Å². The number of rotatable bonds is 7. The van der Waals surface area contributed by atoms with Gasteiger partial charge in [-0.2, -0.15) is 0 Å². The molecule has 0 spiro atoms. The number of unbranched alkanes of at least 4 members (excludes halogenated alkanes) is 1. The van der Waals surface area contributed by atoms with Crippen molar-refractivity contribution in [2.75, 3.05) is 0 Å². The Hall–Kier alpha value is -0.240. The molecule has 0 fully saturated rings. The van der Waals surface area contributed by atoms with E-state index in [-0.39, 0.29) is 6.10 Å². The summed E-state index contributed by atoms with van der Waals surface area (Å²) in [4.78, 5) is 0. The largest absolute Gasteiger partial charge is 0.392 e. The Morgan fingerprint density at radius 1 is 1.22 bits per heavy atom. The molecule has 1 aromatic rings. The molecule has 0 aliphatic carbocycles. The molecule has 0 radical (unpaired) electrons. The predicted octanol–water partition coefficient (Wildman–Crippen LogP) is 5.11. The van der Waals surface area contributed by atoms with Crippen molar-refractivity contribution in [3.05, 3.63) is 33.8 Å². The van der Waals surface area contributed by atoms with E-state index >= 15 is 0 Å². The zero-order chi connectivity index (χ0) is 13.5. The Balaban J connectivity index is 2.64. The monoisotopic (exact) mass is 288 g/mol. The summed E-state index contributed by atoms with van der Waals surface area (Å²) in [6.45, 7) is 4.31. The molecule has 3 heteroatoms. The number of aliphatic hydroxyl groups is 1. The van der Waals surface area contributed by atoms with E-state index < -0.39 is 0 Å². The highest BCUT2D eigenvalue weighted by atomic mass is 35.5. The maximum absolute atomic E-state index is 10.3. The van der Waals surface area contributed by atoms with Gasteiger partial charge in [-0.15, -0.1) is 0 Å². The molecular formula is C15H22Cl2O. The van der Waals surface area contributed by atoms with Gasteiger partial charge >= 0.3 is 0 Å². The van der Waals surface area contributed by atoms with Gasteiger partial charge in [-0.05, 0) is 30.0 Å². The molecule has 0 saturated heterocycles. The smallest absolute Gasteiger partial charge is 0.0609 e. The second-order valence-electron chi connectivity index (χ2n) is 4.82. The molecule has 18 heavy (non-hydrogen) atoms. The molecular weight excluding hydrogens is 267 g/mol. The van der Waals surface area contributed by atoms with Crippen molar-refractivity contribution in [3.63, 3.8) is 0 Å². The molecule has 1 rings (SSSR count). The van der Waals surface area contributed by atoms with Crippen LogP contribution in [-0.2, 0) is 6.42 Å². The highest BCUT2D eigenvalue weighted by Gasteiger charge is 2.18. The molecule has 1 N–H and O–H groups in total. The summed E-state index contributed by atoms with van der Waals surface area (Å²) in [6, 6.07) is 5.46. The highest BCUT2D eigenvalue weighted by molar-refractivity contribution is 6.35. The minimum atomic E-state index is -0.319. The van der Waals surface area contributed by atoms with E-state index in [9.17, 15) is 5.11 Å². The highest BCUT2D eigenvalue weighted by Crippen LogP contribution is 2.25. The van der Waals surface area contributed by atoms with Crippen molar-refractivity contribution in [2.45, 2.75) is 52.1 Å². The quantitative estimate of drug-likeness (QED) is 0.739. The summed E-state index contributed by atoms with van der Waals surface area (Å²) in [5, 5.41) is 11.6. The number of aliphatic hydroxyl groups excluding tert-OH is 1. The van der Waals surface area contributed by atoms with Crippen LogP contribution in [0.1, 0.15) is 45.1 Å². The standard InChI is InChI=1S/C15H22Cl2O/c1-3-5-6-11(4-2)15(18)9-12-7-8-13(16)10-14(12)17/h7-8,10-11,15,18H,3-6,9H2,1-2H3. The van der Waals surface area contributed by atoms with Crippen molar-refractivity contribution >= 4 is 23.2 Å². The van der Waals surface area contributed by atoms with Crippen molar-refractivity contribution in [1.82, 2.24) is 0 Å². The molecule has 102 valence electrons. The lowest BCUT2D eigenvalue weighted by atomic mass is 9.89. The van der Waals surface area contributed by atoms with Gasteiger partial charge in [-0.1, -0.05) is 62.4 Å². The third kappa shape index (κ3) is 4.79. The molecule has 0 amide bonds. The maximum atomic E-state index is 10.3. The Labute approximate surface area is 120 Å². The lowest BCUT2D eigenvalue weighted by Crippen LogP contribution is -2.22. The van der Waals surface area contributed by atoms with Crippen molar-refractivity contribution < 1.29 is 5.11 Å². The molecule has 0 saturated carbocycles. The maximum Gasteiger partial charge on any atom is 0.0609 e. The second-order valence-corrected chi connectivity index (χ2v) is 5.66. The fourth-order valence-electron chi connectivity index (χ4n) is 2.21. The van der Waals surface area contributed by atoms with Gasteiger partial charge in [0, 0.05) is 16.5 Å². The van der Waals surface area contributed by atoms with Crippen molar-refractivity contribution in [3.8, 4) is 0 Å². The molecule has 2 unspecified atom stereocenters. The van der Waals surface area contributed by atoms with Crippen LogP contribution in [0.25, 0.3) is 0 Å². The van der Waals surface area contributed by atoms with Gasteiger partial charge in [-0.3, -0.25) is 0 Å². The number of hydrogen-bond acceptors (Lipinski definition) is 1. The van der Waals surface area contributed by atoms with Gasteiger partial charge in [0.2, 0.25) is 0 Å². The van der Waals surface area contributed by atoms with E-state index in [0.29, 0.717) is 22.4 Å². The minimum Gasteiger partial charge on any atom is -0.392 e. The van der Waals surface area contributed by atoms with Crippen LogP contribution in [-0.4, -0.2) is 11.2 Å². The van der Waals surface area contributed by atoms with Crippen molar-refractivity contribution in [2.24, 2.45) is 5.92 Å². The SMILES string of the molecule is CCCCC(CC)C(O)Cc1ccc(Cl)cc1Cl. The van der Waals surface area contributed by atoms with Crippen LogP contribution in [0.3, 0.4) is 0 Å². The first-order valence-corrected chi connectivity index (χ1v) is 7.46. The van der Waals surface area contributed by atoms with E-state index in [1.165, 1.54) is 12.8 Å². The fraction of sp³-hybridized carbons (Fsp3) is 0.600. The normalized spacial score (nSPS) is 14.5. The number of hydrogen-bond donors (Lipinski definition) is 1. The van der Waals surface area contributed by atoms with Crippen LogP contribution < -0.4 is 0 Å². The van der Waals surface area contributed by atoms with Crippen molar-refractivity contribution in [1.29, 1.82) is 0 Å². The molecule has 1 nitrogen and oxygen atoms in total. The van der Waals surface area contributed by atoms with Gasteiger partial charge in [0.1, 0.15) is 0 Å².